The quantitative estimate of drug-likeness (QED) is 0.493. The first-order chi connectivity index (χ1) is 10.1. The van der Waals surface area contributed by atoms with Crippen molar-refractivity contribution in [3.05, 3.63) is 42.0 Å². The van der Waals surface area contributed by atoms with E-state index in [1.165, 1.54) is 12.1 Å². The van der Waals surface area contributed by atoms with E-state index in [-0.39, 0.29) is 11.5 Å². The molecule has 6 heteroatoms. The third-order valence-electron chi connectivity index (χ3n) is 3.21. The third-order valence-corrected chi connectivity index (χ3v) is 3.21. The first-order valence-corrected chi connectivity index (χ1v) is 6.28. The van der Waals surface area contributed by atoms with Gasteiger partial charge in [-0.2, -0.15) is 4.98 Å². The maximum absolute atomic E-state index is 9.51. The maximum Gasteiger partial charge on any atom is 0.260 e. The average molecular weight is 283 g/mol. The SMILES string of the molecule is Cc1cccc(-c2nc(-c3ccc(O)c(O)c3)no2)c1N. The molecule has 0 fully saturated rings. The minimum atomic E-state index is -0.242. The fraction of sp³-hybridized carbons (Fsp3) is 0.0667. The molecule has 0 radical (unpaired) electrons. The van der Waals surface area contributed by atoms with Gasteiger partial charge in [-0.3, -0.25) is 0 Å². The zero-order valence-corrected chi connectivity index (χ0v) is 11.2. The molecule has 0 aliphatic carbocycles. The van der Waals surface area contributed by atoms with Crippen molar-refractivity contribution in [2.75, 3.05) is 5.73 Å². The Kier molecular flexibility index (Phi) is 2.98. The molecule has 106 valence electrons. The summed E-state index contributed by atoms with van der Waals surface area (Å²) in [4.78, 5) is 4.27. The second kappa shape index (κ2) is 4.82. The number of rotatable bonds is 2. The van der Waals surface area contributed by atoms with Crippen LogP contribution in [0.1, 0.15) is 5.56 Å². The molecule has 0 saturated heterocycles. The van der Waals surface area contributed by atoms with Gasteiger partial charge in [-0.1, -0.05) is 17.3 Å². The topological polar surface area (TPSA) is 105 Å². The number of nitrogen functional groups attached to an aromatic ring is 1. The summed E-state index contributed by atoms with van der Waals surface area (Å²) >= 11 is 0. The van der Waals surface area contributed by atoms with Crippen LogP contribution in [0.5, 0.6) is 11.5 Å². The van der Waals surface area contributed by atoms with Gasteiger partial charge in [0.25, 0.3) is 5.89 Å². The van der Waals surface area contributed by atoms with Crippen LogP contribution in [0.4, 0.5) is 5.69 Å². The molecular formula is C15H13N3O3. The van der Waals surface area contributed by atoms with Gasteiger partial charge in [0.05, 0.1) is 5.56 Å². The monoisotopic (exact) mass is 283 g/mol. The molecule has 2 aromatic carbocycles. The molecule has 0 aliphatic heterocycles. The lowest BCUT2D eigenvalue weighted by Gasteiger charge is -2.03. The summed E-state index contributed by atoms with van der Waals surface area (Å²) in [5, 5.41) is 22.7. The Hall–Kier alpha value is -3.02. The number of aryl methyl sites for hydroxylation is 1. The summed E-state index contributed by atoms with van der Waals surface area (Å²) in [6.45, 7) is 1.90. The molecule has 1 aromatic heterocycles. The molecule has 3 rings (SSSR count). The normalized spacial score (nSPS) is 10.7. The van der Waals surface area contributed by atoms with Gasteiger partial charge in [0, 0.05) is 11.3 Å². The van der Waals surface area contributed by atoms with Crippen LogP contribution in [0.3, 0.4) is 0 Å². The highest BCUT2D eigenvalue weighted by Gasteiger charge is 2.14. The van der Waals surface area contributed by atoms with Gasteiger partial charge < -0.3 is 20.5 Å². The van der Waals surface area contributed by atoms with Crippen LogP contribution in [-0.2, 0) is 0 Å². The number of nitrogens with two attached hydrogens (primary N) is 1. The van der Waals surface area contributed by atoms with E-state index >= 15 is 0 Å². The zero-order chi connectivity index (χ0) is 15.0. The molecule has 0 unspecified atom stereocenters. The minimum Gasteiger partial charge on any atom is -0.504 e. The minimum absolute atomic E-state index is 0.203. The lowest BCUT2D eigenvalue weighted by Crippen LogP contribution is -1.93. The molecule has 0 spiro atoms. The Morgan fingerprint density at radius 3 is 2.67 bits per heavy atom. The molecule has 6 nitrogen and oxygen atoms in total. The Labute approximate surface area is 120 Å². The predicted octanol–water partition coefficient (Wildman–Crippen LogP) is 2.71. The van der Waals surface area contributed by atoms with Crippen molar-refractivity contribution in [1.82, 2.24) is 10.1 Å². The van der Waals surface area contributed by atoms with Gasteiger partial charge in [-0.25, -0.2) is 0 Å². The number of anilines is 1. The van der Waals surface area contributed by atoms with Crippen LogP contribution < -0.4 is 5.73 Å². The van der Waals surface area contributed by atoms with Crippen LogP contribution in [0.2, 0.25) is 0 Å². The number of phenols is 2. The van der Waals surface area contributed by atoms with E-state index in [9.17, 15) is 10.2 Å². The van der Waals surface area contributed by atoms with Crippen LogP contribution in [0, 0.1) is 6.92 Å². The van der Waals surface area contributed by atoms with Crippen LogP contribution in [0.25, 0.3) is 22.8 Å². The van der Waals surface area contributed by atoms with E-state index in [1.54, 1.807) is 12.1 Å². The number of hydrogen-bond acceptors (Lipinski definition) is 6. The van der Waals surface area contributed by atoms with E-state index < -0.39 is 0 Å². The number of phenolic OH excluding ortho intramolecular Hbond substituents is 2. The summed E-state index contributed by atoms with van der Waals surface area (Å²) in [7, 11) is 0. The summed E-state index contributed by atoms with van der Waals surface area (Å²) < 4.78 is 5.23. The lowest BCUT2D eigenvalue weighted by molar-refractivity contribution is 0.404. The maximum atomic E-state index is 9.51. The summed E-state index contributed by atoms with van der Waals surface area (Å²) in [5.74, 6) is 0.166. The number of hydrogen-bond donors (Lipinski definition) is 3. The Balaban J connectivity index is 2.03. The van der Waals surface area contributed by atoms with Gasteiger partial charge in [0.15, 0.2) is 11.5 Å². The van der Waals surface area contributed by atoms with Gasteiger partial charge in [-0.05, 0) is 36.8 Å². The van der Waals surface area contributed by atoms with Crippen LogP contribution in [-0.4, -0.2) is 20.4 Å². The fourth-order valence-electron chi connectivity index (χ4n) is 1.98. The second-order valence-corrected chi connectivity index (χ2v) is 4.66. The number of nitrogens with zero attached hydrogens (tertiary/aromatic N) is 2. The fourth-order valence-corrected chi connectivity index (χ4v) is 1.98. The average Bonchev–Trinajstić information content (AvgIpc) is 2.94. The number of aromatic hydroxyl groups is 2. The lowest BCUT2D eigenvalue weighted by atomic mass is 10.1. The largest absolute Gasteiger partial charge is 0.504 e. The molecule has 0 bridgehead atoms. The van der Waals surface area contributed by atoms with Gasteiger partial charge in [-0.15, -0.1) is 0 Å². The van der Waals surface area contributed by atoms with Crippen molar-refractivity contribution in [2.45, 2.75) is 6.92 Å². The number of aromatic nitrogens is 2. The molecule has 4 N–H and O–H groups in total. The highest BCUT2D eigenvalue weighted by molar-refractivity contribution is 5.74. The molecular weight excluding hydrogens is 270 g/mol. The van der Waals surface area contributed by atoms with Crippen molar-refractivity contribution in [1.29, 1.82) is 0 Å². The van der Waals surface area contributed by atoms with Crippen LogP contribution >= 0.6 is 0 Å². The molecule has 0 aliphatic rings. The smallest absolute Gasteiger partial charge is 0.260 e. The van der Waals surface area contributed by atoms with Crippen molar-refractivity contribution in [3.8, 4) is 34.3 Å². The Morgan fingerprint density at radius 1 is 1.10 bits per heavy atom. The Morgan fingerprint density at radius 2 is 1.90 bits per heavy atom. The molecule has 0 amide bonds. The zero-order valence-electron chi connectivity index (χ0n) is 11.2. The van der Waals surface area contributed by atoms with E-state index in [0.29, 0.717) is 28.5 Å². The molecule has 0 saturated carbocycles. The first kappa shape index (κ1) is 13.0. The molecule has 1 heterocycles. The van der Waals surface area contributed by atoms with Crippen molar-refractivity contribution in [3.63, 3.8) is 0 Å². The van der Waals surface area contributed by atoms with Crippen molar-refractivity contribution in [2.24, 2.45) is 0 Å². The van der Waals surface area contributed by atoms with Gasteiger partial charge >= 0.3 is 0 Å². The predicted molar refractivity (Wildman–Crippen MR) is 77.6 cm³/mol. The number of benzene rings is 2. The van der Waals surface area contributed by atoms with Crippen molar-refractivity contribution >= 4 is 5.69 Å². The van der Waals surface area contributed by atoms with E-state index in [0.717, 1.165) is 5.56 Å². The van der Waals surface area contributed by atoms with Gasteiger partial charge in [0.2, 0.25) is 5.82 Å². The second-order valence-electron chi connectivity index (χ2n) is 4.66. The first-order valence-electron chi connectivity index (χ1n) is 6.28. The molecule has 21 heavy (non-hydrogen) atoms. The van der Waals surface area contributed by atoms with Crippen LogP contribution in [0.15, 0.2) is 40.9 Å². The summed E-state index contributed by atoms with van der Waals surface area (Å²) in [6, 6.07) is 9.87. The van der Waals surface area contributed by atoms with Gasteiger partial charge in [0.1, 0.15) is 0 Å². The summed E-state index contributed by atoms with van der Waals surface area (Å²) in [5.41, 5.74) is 8.71. The molecule has 0 atom stereocenters. The van der Waals surface area contributed by atoms with E-state index in [2.05, 4.69) is 10.1 Å². The standard InChI is InChI=1S/C15H13N3O3/c1-8-3-2-4-10(13(8)16)15-17-14(18-21-15)9-5-6-11(19)12(20)7-9/h2-7,19-20H,16H2,1H3. The number of para-hydroxylation sites is 1. The third kappa shape index (κ3) is 2.27. The highest BCUT2D eigenvalue weighted by atomic mass is 16.5. The highest BCUT2D eigenvalue weighted by Crippen LogP contribution is 2.32. The molecule has 3 aromatic rings. The van der Waals surface area contributed by atoms with E-state index in [1.807, 2.05) is 19.1 Å². The van der Waals surface area contributed by atoms with Crippen molar-refractivity contribution < 1.29 is 14.7 Å². The summed E-state index contributed by atoms with van der Waals surface area (Å²) in [6.07, 6.45) is 0. The van der Waals surface area contributed by atoms with E-state index in [4.69, 9.17) is 10.3 Å². The Bertz CT molecular complexity index is 812.